The zero-order valence-corrected chi connectivity index (χ0v) is 17.7. The van der Waals surface area contributed by atoms with E-state index in [1.54, 1.807) is 39.0 Å². The quantitative estimate of drug-likeness (QED) is 0.527. The smallest absolute Gasteiger partial charge is 0.305 e. The third kappa shape index (κ3) is 5.88. The summed E-state index contributed by atoms with van der Waals surface area (Å²) < 4.78 is 32.5. The van der Waals surface area contributed by atoms with Crippen LogP contribution in [-0.2, 0) is 26.0 Å². The van der Waals surface area contributed by atoms with Crippen molar-refractivity contribution >= 4 is 22.3 Å². The minimum absolute atomic E-state index is 0.0388. The summed E-state index contributed by atoms with van der Waals surface area (Å²) in [5.74, 6) is -0.645. The predicted octanol–water partition coefficient (Wildman–Crippen LogP) is 3.05. The number of aryl methyl sites for hydroxylation is 1. The van der Waals surface area contributed by atoms with E-state index in [0.29, 0.717) is 29.4 Å². The second-order valence-corrected chi connectivity index (χ2v) is 9.34. The average molecular weight is 419 g/mol. The first-order valence-corrected chi connectivity index (χ1v) is 10.5. The van der Waals surface area contributed by atoms with Crippen LogP contribution in [0.3, 0.4) is 0 Å². The van der Waals surface area contributed by atoms with Crippen molar-refractivity contribution in [3.63, 3.8) is 0 Å². The minimum atomic E-state index is -3.77. The molecule has 0 radical (unpaired) electrons. The third-order valence-corrected chi connectivity index (χ3v) is 5.82. The maximum absolute atomic E-state index is 12.6. The molecule has 156 valence electrons. The highest BCUT2D eigenvalue weighted by molar-refractivity contribution is 7.89. The molecule has 7 nitrogen and oxygen atoms in total. The van der Waals surface area contributed by atoms with Crippen LogP contribution in [-0.4, -0.2) is 38.4 Å². The third-order valence-electron chi connectivity index (χ3n) is 4.07. The second-order valence-electron chi connectivity index (χ2n) is 7.66. The summed E-state index contributed by atoms with van der Waals surface area (Å²) in [6.45, 7) is 5.21. The van der Waals surface area contributed by atoms with Gasteiger partial charge in [-0.2, -0.15) is 0 Å². The van der Waals surface area contributed by atoms with Gasteiger partial charge in [0.1, 0.15) is 5.75 Å². The summed E-state index contributed by atoms with van der Waals surface area (Å²) in [5.41, 5.74) is 0.787. The lowest BCUT2D eigenvalue weighted by Gasteiger charge is -2.20. The molecule has 0 fully saturated rings. The number of nitrogens with one attached hydrogen (secondary N) is 1. The lowest BCUT2D eigenvalue weighted by atomic mass is 9.96. The van der Waals surface area contributed by atoms with Crippen LogP contribution in [0.5, 0.6) is 5.75 Å². The molecule has 8 heteroatoms. The Balaban J connectivity index is 2.51. The largest absolute Gasteiger partial charge is 0.507 e. The molecule has 0 spiro atoms. The minimum Gasteiger partial charge on any atom is -0.507 e. The number of phenols is 1. The van der Waals surface area contributed by atoms with Crippen LogP contribution in [0.4, 0.5) is 0 Å². The maximum atomic E-state index is 12.6. The molecule has 0 aliphatic carbocycles. The zero-order valence-electron chi connectivity index (χ0n) is 16.9. The summed E-state index contributed by atoms with van der Waals surface area (Å²) >= 11 is 0. The molecule has 2 aromatic rings. The van der Waals surface area contributed by atoms with Gasteiger partial charge in [-0.25, -0.2) is 13.1 Å². The van der Waals surface area contributed by atoms with Crippen molar-refractivity contribution in [1.29, 1.82) is 0 Å². The van der Waals surface area contributed by atoms with Gasteiger partial charge in [0.2, 0.25) is 10.0 Å². The number of benzene rings is 2. The number of phenolic OH excluding ortho intramolecular Hbond substituents is 1. The Morgan fingerprint density at radius 3 is 2.48 bits per heavy atom. The van der Waals surface area contributed by atoms with Crippen LogP contribution in [0.1, 0.15) is 43.1 Å². The summed E-state index contributed by atoms with van der Waals surface area (Å²) in [6, 6.07) is 9.22. The van der Waals surface area contributed by atoms with Gasteiger partial charge in [0.05, 0.1) is 17.6 Å². The van der Waals surface area contributed by atoms with Crippen LogP contribution in [0.25, 0.3) is 11.1 Å². The number of hydrogen-bond acceptors (Lipinski definition) is 6. The lowest BCUT2D eigenvalue weighted by molar-refractivity contribution is -0.140. The molecular formula is C21H25NO6S. The number of sulfonamides is 1. The van der Waals surface area contributed by atoms with Gasteiger partial charge in [0.15, 0.2) is 6.29 Å². The van der Waals surface area contributed by atoms with Gasteiger partial charge in [-0.15, -0.1) is 0 Å². The highest BCUT2D eigenvalue weighted by atomic mass is 32.2. The summed E-state index contributed by atoms with van der Waals surface area (Å²) in [7, 11) is -2.48. The highest BCUT2D eigenvalue weighted by Crippen LogP contribution is 2.34. The molecule has 0 heterocycles. The molecular weight excluding hydrogens is 394 g/mol. The first-order valence-electron chi connectivity index (χ1n) is 8.99. The first-order chi connectivity index (χ1) is 13.5. The van der Waals surface area contributed by atoms with E-state index in [-0.39, 0.29) is 22.6 Å². The molecule has 0 aromatic heterocycles. The summed E-state index contributed by atoms with van der Waals surface area (Å²) in [4.78, 5) is 22.8. The molecule has 2 N–H and O–H groups in total. The van der Waals surface area contributed by atoms with Crippen molar-refractivity contribution < 1.29 is 27.9 Å². The van der Waals surface area contributed by atoms with Gasteiger partial charge < -0.3 is 9.84 Å². The molecule has 29 heavy (non-hydrogen) atoms. The van der Waals surface area contributed by atoms with E-state index in [4.69, 9.17) is 0 Å². The van der Waals surface area contributed by atoms with Gasteiger partial charge in [-0.05, 0) is 62.6 Å². The Hall–Kier alpha value is -2.71. The van der Waals surface area contributed by atoms with E-state index in [1.165, 1.54) is 25.3 Å². The van der Waals surface area contributed by atoms with E-state index in [1.807, 2.05) is 0 Å². The second kappa shape index (κ2) is 8.75. The van der Waals surface area contributed by atoms with Crippen molar-refractivity contribution in [2.45, 2.75) is 44.0 Å². The van der Waals surface area contributed by atoms with Gasteiger partial charge in [0, 0.05) is 17.5 Å². The standard InChI is InChI=1S/C21H25NO6S/c1-21(2,3)22-29(26,27)17-7-5-6-15(12-17)18-11-14(8-9-19(24)28-4)10-16(13-23)20(18)25/h5-7,10-13,22,25H,8-9H2,1-4H3. The predicted molar refractivity (Wildman–Crippen MR) is 109 cm³/mol. The van der Waals surface area contributed by atoms with Crippen LogP contribution >= 0.6 is 0 Å². The van der Waals surface area contributed by atoms with Crippen LogP contribution in [0, 0.1) is 0 Å². The molecule has 2 rings (SSSR count). The highest BCUT2D eigenvalue weighted by Gasteiger charge is 2.23. The van der Waals surface area contributed by atoms with Crippen LogP contribution in [0.2, 0.25) is 0 Å². The Bertz CT molecular complexity index is 1020. The molecule has 0 saturated carbocycles. The zero-order chi connectivity index (χ0) is 21.8. The van der Waals surface area contributed by atoms with Crippen LogP contribution in [0.15, 0.2) is 41.3 Å². The number of aldehydes is 1. The summed E-state index contributed by atoms with van der Waals surface area (Å²) in [6.07, 6.45) is 0.940. The molecule has 0 aliphatic rings. The number of ether oxygens (including phenoxy) is 1. The number of carbonyl (C=O) groups excluding carboxylic acids is 2. The number of carbonyl (C=O) groups is 2. The van der Waals surface area contributed by atoms with Gasteiger partial charge in [0.25, 0.3) is 0 Å². The van der Waals surface area contributed by atoms with E-state index in [0.717, 1.165) is 0 Å². The molecule has 0 saturated heterocycles. The molecule has 0 unspecified atom stereocenters. The van der Waals surface area contributed by atoms with Gasteiger partial charge in [-0.1, -0.05) is 12.1 Å². The average Bonchev–Trinajstić information content (AvgIpc) is 2.65. The fraction of sp³-hybridized carbons (Fsp3) is 0.333. The van der Waals surface area contributed by atoms with E-state index < -0.39 is 21.5 Å². The maximum Gasteiger partial charge on any atom is 0.305 e. The first kappa shape index (κ1) is 22.6. The monoisotopic (exact) mass is 419 g/mol. The molecule has 0 atom stereocenters. The Labute approximate surface area is 170 Å². The van der Waals surface area contributed by atoms with E-state index in [9.17, 15) is 23.1 Å². The van der Waals surface area contributed by atoms with Crippen LogP contribution < -0.4 is 4.72 Å². The fourth-order valence-corrected chi connectivity index (χ4v) is 4.28. The Morgan fingerprint density at radius 2 is 1.90 bits per heavy atom. The number of esters is 1. The fourth-order valence-electron chi connectivity index (χ4n) is 2.81. The Morgan fingerprint density at radius 1 is 1.21 bits per heavy atom. The summed E-state index contributed by atoms with van der Waals surface area (Å²) in [5, 5.41) is 10.5. The van der Waals surface area contributed by atoms with Crippen molar-refractivity contribution in [2.75, 3.05) is 7.11 Å². The molecule has 2 aromatic carbocycles. The van der Waals surface area contributed by atoms with E-state index in [2.05, 4.69) is 9.46 Å². The van der Waals surface area contributed by atoms with Crippen molar-refractivity contribution in [3.05, 3.63) is 47.5 Å². The number of hydrogen-bond donors (Lipinski definition) is 2. The van der Waals surface area contributed by atoms with Gasteiger partial charge >= 0.3 is 5.97 Å². The van der Waals surface area contributed by atoms with Crippen molar-refractivity contribution in [2.24, 2.45) is 0 Å². The van der Waals surface area contributed by atoms with Gasteiger partial charge in [-0.3, -0.25) is 9.59 Å². The van der Waals surface area contributed by atoms with Crippen molar-refractivity contribution in [3.8, 4) is 16.9 Å². The topological polar surface area (TPSA) is 110 Å². The number of aromatic hydroxyl groups is 1. The lowest BCUT2D eigenvalue weighted by Crippen LogP contribution is -2.40. The van der Waals surface area contributed by atoms with E-state index >= 15 is 0 Å². The molecule has 0 amide bonds. The normalized spacial score (nSPS) is 11.9. The Kier molecular flexibility index (Phi) is 6.81. The SMILES string of the molecule is COC(=O)CCc1cc(C=O)c(O)c(-c2cccc(S(=O)(=O)NC(C)(C)C)c2)c1. The number of methoxy groups -OCH3 is 1. The number of rotatable bonds is 7. The van der Waals surface area contributed by atoms with Crippen molar-refractivity contribution in [1.82, 2.24) is 4.72 Å². The molecule has 0 bridgehead atoms. The molecule has 0 aliphatic heterocycles.